The second-order valence-electron chi connectivity index (χ2n) is 6.82. The molecule has 0 aliphatic carbocycles. The van der Waals surface area contributed by atoms with E-state index in [9.17, 15) is 0 Å². The van der Waals surface area contributed by atoms with E-state index >= 15 is 0 Å². The maximum Gasteiger partial charge on any atom is 0.193 e. The van der Waals surface area contributed by atoms with Crippen LogP contribution in [0, 0.1) is 0 Å². The van der Waals surface area contributed by atoms with Gasteiger partial charge in [-0.05, 0) is 45.3 Å². The smallest absolute Gasteiger partial charge is 0.193 e. The van der Waals surface area contributed by atoms with Crippen LogP contribution in [0.4, 0.5) is 0 Å². The molecular weight excluding hydrogens is 477 g/mol. The molecule has 1 N–H and O–H groups in total. The van der Waals surface area contributed by atoms with Gasteiger partial charge in [-0.3, -0.25) is 9.89 Å². The Hall–Kier alpha value is -0.770. The fraction of sp³-hybridized carbons (Fsp3) is 0.632. The Morgan fingerprint density at radius 1 is 1.30 bits per heavy atom. The molecule has 1 unspecified atom stereocenters. The minimum atomic E-state index is 0. The number of guanidine groups is 1. The average molecular weight is 510 g/mol. The number of hydrogen-bond donors (Lipinski definition) is 1. The lowest BCUT2D eigenvalue weighted by Crippen LogP contribution is -2.51. The molecule has 1 atom stereocenters. The van der Waals surface area contributed by atoms with Gasteiger partial charge in [0.2, 0.25) is 0 Å². The summed E-state index contributed by atoms with van der Waals surface area (Å²) in [4.78, 5) is 11.7. The number of benzene rings is 1. The van der Waals surface area contributed by atoms with Gasteiger partial charge in [0, 0.05) is 44.3 Å². The first kappa shape index (κ1) is 24.3. The monoisotopic (exact) mass is 509 g/mol. The van der Waals surface area contributed by atoms with Crippen molar-refractivity contribution in [1.82, 2.24) is 20.0 Å². The molecule has 154 valence electrons. The maximum atomic E-state index is 5.90. The molecule has 1 heterocycles. The summed E-state index contributed by atoms with van der Waals surface area (Å²) in [7, 11) is 6.41. The van der Waals surface area contributed by atoms with Gasteiger partial charge >= 0.3 is 0 Å². The molecule has 1 aromatic rings. The second-order valence-corrected chi connectivity index (χ2v) is 7.25. The van der Waals surface area contributed by atoms with Crippen LogP contribution in [0.3, 0.4) is 0 Å². The van der Waals surface area contributed by atoms with E-state index in [0.29, 0.717) is 17.7 Å². The van der Waals surface area contributed by atoms with Crippen molar-refractivity contribution in [2.75, 3.05) is 67.0 Å². The molecule has 0 saturated carbocycles. The molecule has 8 heteroatoms. The normalized spacial score (nSPS) is 18.7. The van der Waals surface area contributed by atoms with Gasteiger partial charge in [-0.15, -0.1) is 24.0 Å². The van der Waals surface area contributed by atoms with E-state index in [0.717, 1.165) is 51.0 Å². The summed E-state index contributed by atoms with van der Waals surface area (Å²) in [6, 6.07) is 7.91. The van der Waals surface area contributed by atoms with Crippen LogP contribution >= 0.6 is 35.6 Å². The highest BCUT2D eigenvalue weighted by Crippen LogP contribution is 2.15. The zero-order valence-electron chi connectivity index (χ0n) is 16.8. The molecule has 0 bridgehead atoms. The first-order valence-corrected chi connectivity index (χ1v) is 9.64. The highest BCUT2D eigenvalue weighted by molar-refractivity contribution is 14.0. The quantitative estimate of drug-likeness (QED) is 0.348. The topological polar surface area (TPSA) is 43.3 Å². The predicted octanol–water partition coefficient (Wildman–Crippen LogP) is 2.48. The van der Waals surface area contributed by atoms with Gasteiger partial charge < -0.3 is 19.9 Å². The lowest BCUT2D eigenvalue weighted by atomic mass is 10.2. The van der Waals surface area contributed by atoms with Gasteiger partial charge in [0.25, 0.3) is 0 Å². The van der Waals surface area contributed by atoms with Crippen molar-refractivity contribution in [2.45, 2.75) is 13.0 Å². The second kappa shape index (κ2) is 12.6. The molecule has 1 saturated heterocycles. The van der Waals surface area contributed by atoms with Crippen LogP contribution in [-0.2, 0) is 0 Å². The van der Waals surface area contributed by atoms with Crippen LogP contribution in [0.2, 0.25) is 5.02 Å². The van der Waals surface area contributed by atoms with E-state index in [1.54, 1.807) is 0 Å². The van der Waals surface area contributed by atoms with Gasteiger partial charge in [-0.1, -0.05) is 11.6 Å². The van der Waals surface area contributed by atoms with E-state index in [-0.39, 0.29) is 24.0 Å². The van der Waals surface area contributed by atoms with Crippen molar-refractivity contribution in [1.29, 1.82) is 0 Å². The molecule has 0 aromatic heterocycles. The molecular formula is C19H33ClIN5O. The van der Waals surface area contributed by atoms with Gasteiger partial charge in [-0.2, -0.15) is 0 Å². The van der Waals surface area contributed by atoms with Crippen LogP contribution in [0.1, 0.15) is 6.92 Å². The molecule has 27 heavy (non-hydrogen) atoms. The van der Waals surface area contributed by atoms with Crippen LogP contribution in [-0.4, -0.2) is 93.7 Å². The largest absolute Gasteiger partial charge is 0.492 e. The van der Waals surface area contributed by atoms with Crippen molar-refractivity contribution in [3.05, 3.63) is 29.3 Å². The molecule has 0 spiro atoms. The summed E-state index contributed by atoms with van der Waals surface area (Å²) >= 11 is 5.90. The van der Waals surface area contributed by atoms with Gasteiger partial charge in [0.15, 0.2) is 5.96 Å². The molecule has 1 fully saturated rings. The SMILES string of the molecule is CCNC(=NCC1CN(C)CCN1C)N(C)CCOc1ccc(Cl)cc1.I. The number of likely N-dealkylation sites (N-methyl/N-ethyl adjacent to an activating group) is 3. The number of aliphatic imine (C=N–C) groups is 1. The number of ether oxygens (including phenoxy) is 1. The van der Waals surface area contributed by atoms with Crippen LogP contribution in [0.5, 0.6) is 5.75 Å². The first-order chi connectivity index (χ1) is 12.5. The highest BCUT2D eigenvalue weighted by Gasteiger charge is 2.22. The number of rotatable bonds is 7. The van der Waals surface area contributed by atoms with Gasteiger partial charge in [0.05, 0.1) is 13.1 Å². The van der Waals surface area contributed by atoms with Crippen molar-refractivity contribution in [3.63, 3.8) is 0 Å². The molecule has 0 amide bonds. The number of hydrogen-bond acceptors (Lipinski definition) is 4. The van der Waals surface area contributed by atoms with Gasteiger partial charge in [0.1, 0.15) is 12.4 Å². The standard InChI is InChI=1S/C19H32ClN5O.HI/c1-5-21-19(22-14-17-15-23(2)10-11-24(17)3)25(4)12-13-26-18-8-6-16(20)7-9-18;/h6-9,17H,5,10-15H2,1-4H3,(H,21,22);1H. The zero-order valence-corrected chi connectivity index (χ0v) is 19.9. The number of nitrogens with one attached hydrogen (secondary N) is 1. The Bertz CT molecular complexity index is 572. The third kappa shape index (κ3) is 8.41. The number of halogens is 2. The zero-order chi connectivity index (χ0) is 18.9. The first-order valence-electron chi connectivity index (χ1n) is 9.26. The molecule has 6 nitrogen and oxygen atoms in total. The fourth-order valence-corrected chi connectivity index (χ4v) is 3.02. The van der Waals surface area contributed by atoms with Crippen molar-refractivity contribution >= 4 is 41.5 Å². The summed E-state index contributed by atoms with van der Waals surface area (Å²) in [6.07, 6.45) is 0. The Labute approximate surface area is 185 Å². The minimum Gasteiger partial charge on any atom is -0.492 e. The van der Waals surface area contributed by atoms with Crippen molar-refractivity contribution < 1.29 is 4.74 Å². The molecule has 0 radical (unpaired) electrons. The highest BCUT2D eigenvalue weighted by atomic mass is 127. The van der Waals surface area contributed by atoms with E-state index in [2.05, 4.69) is 41.0 Å². The lowest BCUT2D eigenvalue weighted by Gasteiger charge is -2.37. The predicted molar refractivity (Wildman–Crippen MR) is 125 cm³/mol. The Balaban J connectivity index is 0.00000364. The maximum absolute atomic E-state index is 5.90. The molecule has 1 aliphatic heterocycles. The minimum absolute atomic E-state index is 0. The van der Waals surface area contributed by atoms with Crippen molar-refractivity contribution in [2.24, 2.45) is 4.99 Å². The lowest BCUT2D eigenvalue weighted by molar-refractivity contribution is 0.119. The van der Waals surface area contributed by atoms with E-state index in [4.69, 9.17) is 21.3 Å². The van der Waals surface area contributed by atoms with E-state index in [1.807, 2.05) is 31.3 Å². The third-order valence-corrected chi connectivity index (χ3v) is 4.89. The average Bonchev–Trinajstić information content (AvgIpc) is 2.62. The number of piperazine rings is 1. The summed E-state index contributed by atoms with van der Waals surface area (Å²) in [6.45, 7) is 8.37. The number of nitrogens with zero attached hydrogens (tertiary/aromatic N) is 4. The fourth-order valence-electron chi connectivity index (χ4n) is 2.90. The molecule has 1 aliphatic rings. The molecule has 1 aromatic carbocycles. The van der Waals surface area contributed by atoms with Crippen LogP contribution < -0.4 is 10.1 Å². The summed E-state index contributed by atoms with van der Waals surface area (Å²) in [5.74, 6) is 1.76. The Kier molecular flexibility index (Phi) is 11.4. The Morgan fingerprint density at radius 2 is 2.00 bits per heavy atom. The van der Waals surface area contributed by atoms with Gasteiger partial charge in [-0.25, -0.2) is 0 Å². The third-order valence-electron chi connectivity index (χ3n) is 4.64. The molecule has 2 rings (SSSR count). The summed E-state index contributed by atoms with van der Waals surface area (Å²) in [5, 5.41) is 4.09. The van der Waals surface area contributed by atoms with Crippen LogP contribution in [0.25, 0.3) is 0 Å². The van der Waals surface area contributed by atoms with E-state index in [1.165, 1.54) is 0 Å². The van der Waals surface area contributed by atoms with Crippen molar-refractivity contribution in [3.8, 4) is 5.75 Å². The van der Waals surface area contributed by atoms with Crippen LogP contribution in [0.15, 0.2) is 29.3 Å². The van der Waals surface area contributed by atoms with E-state index < -0.39 is 0 Å². The summed E-state index contributed by atoms with van der Waals surface area (Å²) < 4.78 is 5.79. The Morgan fingerprint density at radius 3 is 2.67 bits per heavy atom. The summed E-state index contributed by atoms with van der Waals surface area (Å²) in [5.41, 5.74) is 0.